The molecule has 0 aliphatic rings. The van der Waals surface area contributed by atoms with E-state index in [1.54, 1.807) is 6.20 Å². The van der Waals surface area contributed by atoms with Crippen LogP contribution in [0.3, 0.4) is 0 Å². The molecule has 0 amide bonds. The van der Waals surface area contributed by atoms with Gasteiger partial charge in [-0.15, -0.1) is 0 Å². The van der Waals surface area contributed by atoms with Crippen molar-refractivity contribution in [2.75, 3.05) is 0 Å². The van der Waals surface area contributed by atoms with Gasteiger partial charge < -0.3 is 0 Å². The maximum Gasteiger partial charge on any atom is 0.161 e. The highest BCUT2D eigenvalue weighted by molar-refractivity contribution is 9.10. The van der Waals surface area contributed by atoms with Gasteiger partial charge >= 0.3 is 0 Å². The minimum absolute atomic E-state index is 0.690. The zero-order valence-electron chi connectivity index (χ0n) is 9.99. The van der Waals surface area contributed by atoms with E-state index in [1.165, 1.54) is 0 Å². The van der Waals surface area contributed by atoms with Gasteiger partial charge in [-0.3, -0.25) is 4.98 Å². The van der Waals surface area contributed by atoms with Crippen LogP contribution in [0.5, 0.6) is 0 Å². The predicted molar refractivity (Wildman–Crippen MR) is 78.4 cm³/mol. The van der Waals surface area contributed by atoms with Gasteiger partial charge in [-0.1, -0.05) is 36.4 Å². The van der Waals surface area contributed by atoms with Gasteiger partial charge in [-0.2, -0.15) is 0 Å². The number of aromatic nitrogens is 3. The van der Waals surface area contributed by atoms with Crippen molar-refractivity contribution in [2.45, 2.75) is 0 Å². The Bertz CT molecular complexity index is 627. The average Bonchev–Trinajstić information content (AvgIpc) is 2.48. The van der Waals surface area contributed by atoms with Gasteiger partial charge in [0.05, 0.1) is 11.4 Å². The van der Waals surface area contributed by atoms with Gasteiger partial charge in [0.1, 0.15) is 4.60 Å². The number of nitrogens with zero attached hydrogens (tertiary/aromatic N) is 3. The molecular formula is C15H10BrN3. The Morgan fingerprint density at radius 2 is 1.58 bits per heavy atom. The van der Waals surface area contributed by atoms with E-state index in [2.05, 4.69) is 30.9 Å². The minimum atomic E-state index is 0.690. The Hall–Kier alpha value is -2.07. The molecule has 19 heavy (non-hydrogen) atoms. The normalized spacial score (nSPS) is 10.4. The lowest BCUT2D eigenvalue weighted by atomic mass is 10.2. The highest BCUT2D eigenvalue weighted by atomic mass is 79.9. The fraction of sp³-hybridized carbons (Fsp3) is 0. The van der Waals surface area contributed by atoms with Crippen molar-refractivity contribution < 1.29 is 0 Å². The SMILES string of the molecule is Brc1cc(-c2ccccn2)nc(-c2ccccc2)n1. The molecule has 4 heteroatoms. The zero-order valence-corrected chi connectivity index (χ0v) is 11.6. The lowest BCUT2D eigenvalue weighted by molar-refractivity contribution is 1.14. The molecule has 92 valence electrons. The monoisotopic (exact) mass is 311 g/mol. The molecule has 3 rings (SSSR count). The molecule has 1 aromatic carbocycles. The molecular weight excluding hydrogens is 302 g/mol. The van der Waals surface area contributed by atoms with Crippen molar-refractivity contribution in [1.29, 1.82) is 0 Å². The minimum Gasteiger partial charge on any atom is -0.255 e. The van der Waals surface area contributed by atoms with E-state index in [-0.39, 0.29) is 0 Å². The van der Waals surface area contributed by atoms with Crippen LogP contribution in [-0.2, 0) is 0 Å². The van der Waals surface area contributed by atoms with Crippen molar-refractivity contribution >= 4 is 15.9 Å². The molecule has 0 fully saturated rings. The van der Waals surface area contributed by atoms with Crippen LogP contribution in [0.2, 0.25) is 0 Å². The van der Waals surface area contributed by atoms with Gasteiger partial charge in [-0.05, 0) is 34.1 Å². The summed E-state index contributed by atoms with van der Waals surface area (Å²) in [6.45, 7) is 0. The second-order valence-corrected chi connectivity index (χ2v) is 4.79. The van der Waals surface area contributed by atoms with E-state index in [0.29, 0.717) is 5.82 Å². The summed E-state index contributed by atoms with van der Waals surface area (Å²) in [6.07, 6.45) is 1.76. The van der Waals surface area contributed by atoms with Gasteiger partial charge in [0.2, 0.25) is 0 Å². The molecule has 0 spiro atoms. The van der Waals surface area contributed by atoms with E-state index in [0.717, 1.165) is 21.6 Å². The van der Waals surface area contributed by atoms with E-state index in [1.807, 2.05) is 54.6 Å². The van der Waals surface area contributed by atoms with Crippen LogP contribution >= 0.6 is 15.9 Å². The topological polar surface area (TPSA) is 38.7 Å². The van der Waals surface area contributed by atoms with Gasteiger partial charge in [0.25, 0.3) is 0 Å². The Morgan fingerprint density at radius 1 is 0.789 bits per heavy atom. The Labute approximate surface area is 119 Å². The molecule has 3 nitrogen and oxygen atoms in total. The maximum absolute atomic E-state index is 4.57. The van der Waals surface area contributed by atoms with Crippen molar-refractivity contribution in [1.82, 2.24) is 15.0 Å². The van der Waals surface area contributed by atoms with Crippen LogP contribution in [0.25, 0.3) is 22.8 Å². The van der Waals surface area contributed by atoms with E-state index < -0.39 is 0 Å². The van der Waals surface area contributed by atoms with Gasteiger partial charge in [0, 0.05) is 11.8 Å². The van der Waals surface area contributed by atoms with Gasteiger partial charge in [-0.25, -0.2) is 9.97 Å². The van der Waals surface area contributed by atoms with Crippen LogP contribution in [-0.4, -0.2) is 15.0 Å². The fourth-order valence-electron chi connectivity index (χ4n) is 1.78. The first-order valence-electron chi connectivity index (χ1n) is 5.84. The maximum atomic E-state index is 4.57. The number of halogens is 1. The van der Waals surface area contributed by atoms with Gasteiger partial charge in [0.15, 0.2) is 5.82 Å². The summed E-state index contributed by atoms with van der Waals surface area (Å²) in [5.41, 5.74) is 2.63. The third-order valence-corrected chi connectivity index (χ3v) is 3.06. The molecule has 0 N–H and O–H groups in total. The molecule has 3 aromatic rings. The highest BCUT2D eigenvalue weighted by Gasteiger charge is 2.07. The zero-order chi connectivity index (χ0) is 13.1. The fourth-order valence-corrected chi connectivity index (χ4v) is 2.16. The van der Waals surface area contributed by atoms with Crippen molar-refractivity contribution in [2.24, 2.45) is 0 Å². The second-order valence-electron chi connectivity index (χ2n) is 3.98. The summed E-state index contributed by atoms with van der Waals surface area (Å²) in [7, 11) is 0. The molecule has 2 aromatic heterocycles. The third-order valence-electron chi connectivity index (χ3n) is 2.65. The van der Waals surface area contributed by atoms with Crippen molar-refractivity contribution in [3.8, 4) is 22.8 Å². The first-order valence-corrected chi connectivity index (χ1v) is 6.63. The molecule has 0 aliphatic carbocycles. The molecule has 0 radical (unpaired) electrons. The number of hydrogen-bond donors (Lipinski definition) is 0. The summed E-state index contributed by atoms with van der Waals surface area (Å²) in [4.78, 5) is 13.3. The number of hydrogen-bond acceptors (Lipinski definition) is 3. The Balaban J connectivity index is 2.12. The third kappa shape index (κ3) is 2.69. The Kier molecular flexibility index (Phi) is 3.33. The molecule has 0 saturated heterocycles. The van der Waals surface area contributed by atoms with Crippen LogP contribution < -0.4 is 0 Å². The summed E-state index contributed by atoms with van der Waals surface area (Å²) >= 11 is 3.43. The predicted octanol–water partition coefficient (Wildman–Crippen LogP) is 3.97. The largest absolute Gasteiger partial charge is 0.255 e. The van der Waals surface area contributed by atoms with Crippen molar-refractivity contribution in [3.63, 3.8) is 0 Å². The van der Waals surface area contributed by atoms with E-state index in [9.17, 15) is 0 Å². The summed E-state index contributed by atoms with van der Waals surface area (Å²) in [5, 5.41) is 0. The van der Waals surface area contributed by atoms with E-state index >= 15 is 0 Å². The van der Waals surface area contributed by atoms with Crippen LogP contribution in [0, 0.1) is 0 Å². The lowest BCUT2D eigenvalue weighted by Crippen LogP contribution is -1.94. The highest BCUT2D eigenvalue weighted by Crippen LogP contribution is 2.22. The summed E-state index contributed by atoms with van der Waals surface area (Å²) < 4.78 is 0.752. The quantitative estimate of drug-likeness (QED) is 0.672. The molecule has 0 unspecified atom stereocenters. The first kappa shape index (κ1) is 12.0. The molecule has 0 atom stereocenters. The Morgan fingerprint density at radius 3 is 2.32 bits per heavy atom. The smallest absolute Gasteiger partial charge is 0.161 e. The number of pyridine rings is 1. The van der Waals surface area contributed by atoms with Crippen LogP contribution in [0.1, 0.15) is 0 Å². The molecule has 2 heterocycles. The van der Waals surface area contributed by atoms with Crippen LogP contribution in [0.4, 0.5) is 0 Å². The van der Waals surface area contributed by atoms with Crippen molar-refractivity contribution in [3.05, 3.63) is 65.4 Å². The number of rotatable bonds is 2. The average molecular weight is 312 g/mol. The molecule has 0 aliphatic heterocycles. The second kappa shape index (κ2) is 5.28. The summed E-state index contributed by atoms with van der Waals surface area (Å²) in [5.74, 6) is 0.690. The van der Waals surface area contributed by atoms with Crippen LogP contribution in [0.15, 0.2) is 65.4 Å². The first-order chi connectivity index (χ1) is 9.33. The standard InChI is InChI=1S/C15H10BrN3/c16-14-10-13(12-8-4-5-9-17-12)18-15(19-14)11-6-2-1-3-7-11/h1-10H. The number of benzene rings is 1. The van der Waals surface area contributed by atoms with E-state index in [4.69, 9.17) is 0 Å². The lowest BCUT2D eigenvalue weighted by Gasteiger charge is -2.04. The molecule has 0 bridgehead atoms. The summed E-state index contributed by atoms with van der Waals surface area (Å²) in [6, 6.07) is 17.5. The molecule has 0 saturated carbocycles.